The third-order valence-electron chi connectivity index (χ3n) is 3.29. The first-order chi connectivity index (χ1) is 9.47. The van der Waals surface area contributed by atoms with Crippen LogP contribution < -0.4 is 4.74 Å². The molecule has 1 rings (SSSR count). The molecule has 3 nitrogen and oxygen atoms in total. The van der Waals surface area contributed by atoms with Crippen LogP contribution in [0.15, 0.2) is 18.2 Å². The van der Waals surface area contributed by atoms with Crippen molar-refractivity contribution in [3.8, 4) is 5.75 Å². The molecule has 0 bridgehead atoms. The second kappa shape index (κ2) is 5.85. The molecule has 0 saturated carbocycles. The van der Waals surface area contributed by atoms with Crippen LogP contribution in [0.5, 0.6) is 5.75 Å². The average Bonchev–Trinajstić information content (AvgIpc) is 2.36. The Morgan fingerprint density at radius 1 is 1.33 bits per heavy atom. The molecule has 0 amide bonds. The quantitative estimate of drug-likeness (QED) is 0.843. The predicted octanol–water partition coefficient (Wildman–Crippen LogP) is 3.51. The van der Waals surface area contributed by atoms with Crippen molar-refractivity contribution in [2.75, 3.05) is 7.11 Å². The Hall–Kier alpha value is -1.27. The number of ether oxygens (including phenoxy) is 1. The maximum absolute atomic E-state index is 12.9. The van der Waals surface area contributed by atoms with Gasteiger partial charge in [0.05, 0.1) is 7.11 Å². The molecule has 0 aliphatic carbocycles. The van der Waals surface area contributed by atoms with Crippen LogP contribution in [-0.4, -0.2) is 30.3 Å². The lowest BCUT2D eigenvalue weighted by molar-refractivity contribution is -0.250. The van der Waals surface area contributed by atoms with E-state index in [1.165, 1.54) is 39.2 Å². The monoisotopic (exact) mass is 324 g/mol. The Morgan fingerprint density at radius 2 is 1.90 bits per heavy atom. The first-order valence-corrected chi connectivity index (χ1v) is 6.44. The van der Waals surface area contributed by atoms with Crippen molar-refractivity contribution in [2.45, 2.75) is 37.5 Å². The molecule has 0 radical (unpaired) electrons. The number of benzene rings is 1. The molecule has 21 heavy (non-hydrogen) atoms. The zero-order chi connectivity index (χ0) is 16.5. The number of rotatable bonds is 5. The Morgan fingerprint density at radius 3 is 2.33 bits per heavy atom. The van der Waals surface area contributed by atoms with Crippen molar-refractivity contribution in [1.82, 2.24) is 0 Å². The highest BCUT2D eigenvalue weighted by atomic mass is 35.5. The van der Waals surface area contributed by atoms with Gasteiger partial charge in [-0.2, -0.15) is 13.2 Å². The first kappa shape index (κ1) is 17.8. The SMILES string of the molecule is COc1cc(Cl)ccc1C(C)(C)CC(O)(C=O)C(F)(F)F. The zero-order valence-electron chi connectivity index (χ0n) is 11.8. The molecule has 1 unspecified atom stereocenters. The molecular formula is C14H16ClF3O3. The van der Waals surface area contributed by atoms with Crippen LogP contribution in [0.4, 0.5) is 13.2 Å². The lowest BCUT2D eigenvalue weighted by atomic mass is 9.75. The van der Waals surface area contributed by atoms with Gasteiger partial charge in [0.2, 0.25) is 5.60 Å². The summed E-state index contributed by atoms with van der Waals surface area (Å²) < 4.78 is 43.7. The van der Waals surface area contributed by atoms with Crippen molar-refractivity contribution in [3.05, 3.63) is 28.8 Å². The molecule has 7 heteroatoms. The number of halogens is 4. The fourth-order valence-corrected chi connectivity index (χ4v) is 2.36. The van der Waals surface area contributed by atoms with Gasteiger partial charge in [-0.3, -0.25) is 4.79 Å². The number of aliphatic hydroxyl groups is 1. The van der Waals surface area contributed by atoms with Crippen LogP contribution in [0.3, 0.4) is 0 Å². The lowest BCUT2D eigenvalue weighted by Crippen LogP contribution is -2.50. The van der Waals surface area contributed by atoms with E-state index in [1.54, 1.807) is 0 Å². The van der Waals surface area contributed by atoms with Crippen LogP contribution in [0.2, 0.25) is 5.02 Å². The lowest BCUT2D eigenvalue weighted by Gasteiger charge is -2.35. The van der Waals surface area contributed by atoms with Gasteiger partial charge in [-0.25, -0.2) is 0 Å². The van der Waals surface area contributed by atoms with Gasteiger partial charge in [-0.05, 0) is 23.1 Å². The van der Waals surface area contributed by atoms with E-state index in [4.69, 9.17) is 16.3 Å². The number of carbonyl (C=O) groups excluding carboxylic acids is 1. The highest BCUT2D eigenvalue weighted by molar-refractivity contribution is 6.30. The molecule has 0 spiro atoms. The molecular weight excluding hydrogens is 309 g/mol. The molecule has 0 saturated heterocycles. The Kier molecular flexibility index (Phi) is 4.95. The average molecular weight is 325 g/mol. The van der Waals surface area contributed by atoms with Gasteiger partial charge in [0, 0.05) is 11.4 Å². The van der Waals surface area contributed by atoms with Crippen LogP contribution >= 0.6 is 11.6 Å². The second-order valence-corrected chi connectivity index (χ2v) is 5.88. The highest BCUT2D eigenvalue weighted by Crippen LogP contribution is 2.43. The number of methoxy groups -OCH3 is 1. The molecule has 0 heterocycles. The third-order valence-corrected chi connectivity index (χ3v) is 3.53. The summed E-state index contributed by atoms with van der Waals surface area (Å²) in [7, 11) is 1.36. The van der Waals surface area contributed by atoms with Gasteiger partial charge in [0.25, 0.3) is 0 Å². The summed E-state index contributed by atoms with van der Waals surface area (Å²) in [6, 6.07) is 4.49. The van der Waals surface area contributed by atoms with Crippen LogP contribution in [-0.2, 0) is 10.2 Å². The van der Waals surface area contributed by atoms with E-state index in [1.807, 2.05) is 0 Å². The van der Waals surface area contributed by atoms with Crippen LogP contribution in [0.1, 0.15) is 25.8 Å². The minimum Gasteiger partial charge on any atom is -0.496 e. The third kappa shape index (κ3) is 3.68. The number of hydrogen-bond acceptors (Lipinski definition) is 3. The maximum Gasteiger partial charge on any atom is 0.424 e. The number of alkyl halides is 3. The fourth-order valence-electron chi connectivity index (χ4n) is 2.20. The Bertz CT molecular complexity index is 529. The van der Waals surface area contributed by atoms with Gasteiger partial charge in [0.15, 0.2) is 6.29 Å². The minimum atomic E-state index is -5.05. The number of carbonyl (C=O) groups is 1. The van der Waals surface area contributed by atoms with E-state index < -0.39 is 29.9 Å². The van der Waals surface area contributed by atoms with E-state index in [9.17, 15) is 23.1 Å². The molecule has 0 aliphatic heterocycles. The standard InChI is InChI=1S/C14H16ClF3O3/c1-12(2,7-13(20,8-19)14(16,17)18)10-5-4-9(15)6-11(10)21-3/h4-6,8,20H,7H2,1-3H3. The van der Waals surface area contributed by atoms with Crippen LogP contribution in [0, 0.1) is 0 Å². The smallest absolute Gasteiger partial charge is 0.424 e. The topological polar surface area (TPSA) is 46.5 Å². The van der Waals surface area contributed by atoms with Crippen molar-refractivity contribution >= 4 is 17.9 Å². The molecule has 118 valence electrons. The molecule has 0 aliphatic rings. The number of aldehydes is 1. The van der Waals surface area contributed by atoms with Gasteiger partial charge in [0.1, 0.15) is 5.75 Å². The molecule has 1 aromatic carbocycles. The van der Waals surface area contributed by atoms with Crippen molar-refractivity contribution in [2.24, 2.45) is 0 Å². The van der Waals surface area contributed by atoms with E-state index in [2.05, 4.69) is 0 Å². The normalized spacial score (nSPS) is 15.4. The van der Waals surface area contributed by atoms with E-state index >= 15 is 0 Å². The summed E-state index contributed by atoms with van der Waals surface area (Å²) in [4.78, 5) is 10.8. The van der Waals surface area contributed by atoms with Gasteiger partial charge < -0.3 is 9.84 Å². The molecule has 1 aromatic rings. The van der Waals surface area contributed by atoms with Crippen LogP contribution in [0.25, 0.3) is 0 Å². The van der Waals surface area contributed by atoms with E-state index in [0.29, 0.717) is 16.3 Å². The minimum absolute atomic E-state index is 0.294. The molecule has 1 N–H and O–H groups in total. The maximum atomic E-state index is 12.9. The zero-order valence-corrected chi connectivity index (χ0v) is 12.5. The Balaban J connectivity index is 3.26. The van der Waals surface area contributed by atoms with Crippen molar-refractivity contribution in [3.63, 3.8) is 0 Å². The highest BCUT2D eigenvalue weighted by Gasteiger charge is 2.56. The van der Waals surface area contributed by atoms with Crippen molar-refractivity contribution in [1.29, 1.82) is 0 Å². The summed E-state index contributed by atoms with van der Waals surface area (Å²) in [5.41, 5.74) is -4.17. The second-order valence-electron chi connectivity index (χ2n) is 5.45. The van der Waals surface area contributed by atoms with Crippen molar-refractivity contribution < 1.29 is 27.8 Å². The predicted molar refractivity (Wildman–Crippen MR) is 72.7 cm³/mol. The summed E-state index contributed by atoms with van der Waals surface area (Å²) >= 11 is 5.81. The summed E-state index contributed by atoms with van der Waals surface area (Å²) in [5.74, 6) is 0.294. The molecule has 1 atom stereocenters. The summed E-state index contributed by atoms with van der Waals surface area (Å²) in [5, 5.41) is 9.98. The fraction of sp³-hybridized carbons (Fsp3) is 0.500. The van der Waals surface area contributed by atoms with Gasteiger partial charge in [-0.15, -0.1) is 0 Å². The van der Waals surface area contributed by atoms with E-state index in [-0.39, 0.29) is 0 Å². The van der Waals surface area contributed by atoms with Gasteiger partial charge >= 0.3 is 6.18 Å². The van der Waals surface area contributed by atoms with Gasteiger partial charge in [-0.1, -0.05) is 31.5 Å². The molecule has 0 fully saturated rings. The number of hydrogen-bond donors (Lipinski definition) is 1. The summed E-state index contributed by atoms with van der Waals surface area (Å²) in [6.07, 6.45) is -6.35. The summed E-state index contributed by atoms with van der Waals surface area (Å²) in [6.45, 7) is 2.97. The van der Waals surface area contributed by atoms with E-state index in [0.717, 1.165) is 0 Å². The largest absolute Gasteiger partial charge is 0.496 e. The molecule has 0 aromatic heterocycles. The first-order valence-electron chi connectivity index (χ1n) is 6.06. The Labute approximate surface area is 125 Å².